The van der Waals surface area contributed by atoms with Crippen molar-refractivity contribution < 1.29 is 5.11 Å². The molecule has 2 aromatic heterocycles. The van der Waals surface area contributed by atoms with Gasteiger partial charge in [-0.25, -0.2) is 0 Å². The third-order valence-electron chi connectivity index (χ3n) is 3.30. The first-order valence-electron chi connectivity index (χ1n) is 5.51. The van der Waals surface area contributed by atoms with Crippen LogP contribution in [0.2, 0.25) is 0 Å². The molecule has 84 valence electrons. The molecular formula is C12H14N2OS. The highest BCUT2D eigenvalue weighted by Crippen LogP contribution is 2.40. The Balaban J connectivity index is 1.95. The maximum Gasteiger partial charge on any atom is 0.0832 e. The van der Waals surface area contributed by atoms with E-state index in [1.54, 1.807) is 11.3 Å². The Morgan fingerprint density at radius 1 is 1.56 bits per heavy atom. The van der Waals surface area contributed by atoms with Gasteiger partial charge in [0.05, 0.1) is 11.8 Å². The summed E-state index contributed by atoms with van der Waals surface area (Å²) >= 11 is 1.76. The fourth-order valence-electron chi connectivity index (χ4n) is 2.53. The zero-order valence-corrected chi connectivity index (χ0v) is 9.92. The molecule has 2 aromatic rings. The minimum absolute atomic E-state index is 0.366. The summed E-state index contributed by atoms with van der Waals surface area (Å²) in [5.74, 6) is 0.421. The quantitative estimate of drug-likeness (QED) is 0.796. The lowest BCUT2D eigenvalue weighted by Crippen LogP contribution is -2.16. The number of rotatable bonds is 1. The lowest BCUT2D eigenvalue weighted by atomic mass is 9.84. The summed E-state index contributed by atoms with van der Waals surface area (Å²) in [6, 6.07) is 4.21. The molecule has 0 amide bonds. The minimum atomic E-state index is -0.366. The Morgan fingerprint density at radius 3 is 3.19 bits per heavy atom. The van der Waals surface area contributed by atoms with Crippen molar-refractivity contribution >= 4 is 11.3 Å². The van der Waals surface area contributed by atoms with E-state index in [1.807, 2.05) is 6.92 Å². The number of H-pyrrole nitrogens is 1. The first-order valence-corrected chi connectivity index (χ1v) is 6.39. The van der Waals surface area contributed by atoms with E-state index in [4.69, 9.17) is 0 Å². The molecule has 3 rings (SSSR count). The lowest BCUT2D eigenvalue weighted by molar-refractivity contribution is 0.147. The van der Waals surface area contributed by atoms with Gasteiger partial charge in [0, 0.05) is 22.1 Å². The SMILES string of the molecule is Cc1[nH]nc2c1C(O)CC(c1cccs1)C2. The molecule has 1 aliphatic rings. The zero-order chi connectivity index (χ0) is 11.1. The van der Waals surface area contributed by atoms with Crippen molar-refractivity contribution in [1.82, 2.24) is 10.2 Å². The molecule has 1 aliphatic carbocycles. The van der Waals surface area contributed by atoms with E-state index in [2.05, 4.69) is 27.7 Å². The normalized spacial score (nSPS) is 24.4. The van der Waals surface area contributed by atoms with Crippen LogP contribution in [0.4, 0.5) is 0 Å². The van der Waals surface area contributed by atoms with Crippen LogP contribution in [0.3, 0.4) is 0 Å². The number of hydrogen-bond donors (Lipinski definition) is 2. The standard InChI is InChI=1S/C12H14N2OS/c1-7-12-9(14-13-7)5-8(6-10(12)15)11-3-2-4-16-11/h2-4,8,10,15H,5-6H2,1H3,(H,13,14). The van der Waals surface area contributed by atoms with E-state index in [1.165, 1.54) is 4.88 Å². The fraction of sp³-hybridized carbons (Fsp3) is 0.417. The minimum Gasteiger partial charge on any atom is -0.388 e. The average molecular weight is 234 g/mol. The number of thiophene rings is 1. The summed E-state index contributed by atoms with van der Waals surface area (Å²) in [5.41, 5.74) is 3.06. The van der Waals surface area contributed by atoms with Crippen molar-refractivity contribution in [3.63, 3.8) is 0 Å². The van der Waals surface area contributed by atoms with Gasteiger partial charge in [0.2, 0.25) is 0 Å². The number of aromatic nitrogens is 2. The number of nitrogens with zero attached hydrogens (tertiary/aromatic N) is 1. The predicted octanol–water partition coefficient (Wildman–Crippen LogP) is 2.54. The molecule has 0 aromatic carbocycles. The second-order valence-electron chi connectivity index (χ2n) is 4.38. The Morgan fingerprint density at radius 2 is 2.44 bits per heavy atom. The molecule has 4 heteroatoms. The van der Waals surface area contributed by atoms with E-state index in [-0.39, 0.29) is 6.10 Å². The Labute approximate surface area is 98.1 Å². The molecule has 0 saturated carbocycles. The van der Waals surface area contributed by atoms with Gasteiger partial charge in [-0.1, -0.05) is 6.07 Å². The van der Waals surface area contributed by atoms with Crippen molar-refractivity contribution in [1.29, 1.82) is 0 Å². The third-order valence-corrected chi connectivity index (χ3v) is 4.33. The molecule has 0 saturated heterocycles. The van der Waals surface area contributed by atoms with E-state index < -0.39 is 0 Å². The van der Waals surface area contributed by atoms with Crippen LogP contribution < -0.4 is 0 Å². The molecule has 2 atom stereocenters. The van der Waals surface area contributed by atoms with Gasteiger partial charge >= 0.3 is 0 Å². The maximum absolute atomic E-state index is 10.1. The first-order chi connectivity index (χ1) is 7.75. The van der Waals surface area contributed by atoms with Crippen LogP contribution in [0.1, 0.15) is 40.3 Å². The van der Waals surface area contributed by atoms with Crippen molar-refractivity contribution in [2.45, 2.75) is 31.8 Å². The van der Waals surface area contributed by atoms with Gasteiger partial charge in [-0.15, -0.1) is 11.3 Å². The van der Waals surface area contributed by atoms with E-state index >= 15 is 0 Å². The number of aromatic amines is 1. The highest BCUT2D eigenvalue weighted by Gasteiger charge is 2.30. The molecule has 2 unspecified atom stereocenters. The van der Waals surface area contributed by atoms with Crippen LogP contribution >= 0.6 is 11.3 Å². The summed E-state index contributed by atoms with van der Waals surface area (Å²) in [6.45, 7) is 1.97. The largest absolute Gasteiger partial charge is 0.388 e. The zero-order valence-electron chi connectivity index (χ0n) is 9.10. The van der Waals surface area contributed by atoms with Gasteiger partial charge in [0.25, 0.3) is 0 Å². The van der Waals surface area contributed by atoms with E-state index in [0.717, 1.165) is 29.8 Å². The highest BCUT2D eigenvalue weighted by atomic mass is 32.1. The second-order valence-corrected chi connectivity index (χ2v) is 5.36. The number of hydrogen-bond acceptors (Lipinski definition) is 3. The van der Waals surface area contributed by atoms with Gasteiger partial charge in [-0.05, 0) is 31.2 Å². The number of aliphatic hydroxyl groups is 1. The summed E-state index contributed by atoms with van der Waals surface area (Å²) in [4.78, 5) is 1.35. The molecule has 3 nitrogen and oxygen atoms in total. The van der Waals surface area contributed by atoms with Gasteiger partial charge in [-0.2, -0.15) is 5.10 Å². The van der Waals surface area contributed by atoms with Crippen LogP contribution in [0.5, 0.6) is 0 Å². The molecule has 0 bridgehead atoms. The van der Waals surface area contributed by atoms with Crippen LogP contribution in [0, 0.1) is 6.92 Å². The molecule has 0 fully saturated rings. The molecule has 0 radical (unpaired) electrons. The number of aryl methyl sites for hydroxylation is 1. The highest BCUT2D eigenvalue weighted by molar-refractivity contribution is 7.10. The van der Waals surface area contributed by atoms with Crippen LogP contribution in [0.25, 0.3) is 0 Å². The average Bonchev–Trinajstić information content (AvgIpc) is 2.87. The second kappa shape index (κ2) is 3.71. The third kappa shape index (κ3) is 1.49. The monoisotopic (exact) mass is 234 g/mol. The van der Waals surface area contributed by atoms with Crippen molar-refractivity contribution in [2.75, 3.05) is 0 Å². The topological polar surface area (TPSA) is 48.9 Å². The number of nitrogens with one attached hydrogen (secondary N) is 1. The van der Waals surface area contributed by atoms with Crippen molar-refractivity contribution in [2.24, 2.45) is 0 Å². The van der Waals surface area contributed by atoms with Gasteiger partial charge in [0.1, 0.15) is 0 Å². The molecule has 0 spiro atoms. The molecule has 2 heterocycles. The van der Waals surface area contributed by atoms with Crippen LogP contribution in [-0.4, -0.2) is 15.3 Å². The molecule has 16 heavy (non-hydrogen) atoms. The predicted molar refractivity (Wildman–Crippen MR) is 63.7 cm³/mol. The van der Waals surface area contributed by atoms with Gasteiger partial charge in [0.15, 0.2) is 0 Å². The summed E-state index contributed by atoms with van der Waals surface area (Å²) in [7, 11) is 0. The fourth-order valence-corrected chi connectivity index (χ4v) is 3.37. The molecule has 2 N–H and O–H groups in total. The first kappa shape index (κ1) is 10.1. The summed E-state index contributed by atoms with van der Waals surface area (Å²) in [6.07, 6.45) is 1.39. The summed E-state index contributed by atoms with van der Waals surface area (Å²) < 4.78 is 0. The van der Waals surface area contributed by atoms with Gasteiger partial charge < -0.3 is 5.11 Å². The lowest BCUT2D eigenvalue weighted by Gasteiger charge is -2.25. The van der Waals surface area contributed by atoms with Crippen molar-refractivity contribution in [3.05, 3.63) is 39.3 Å². The molecular weight excluding hydrogens is 220 g/mol. The van der Waals surface area contributed by atoms with Gasteiger partial charge in [-0.3, -0.25) is 5.10 Å². The summed E-state index contributed by atoms with van der Waals surface area (Å²) in [5, 5.41) is 19.5. The maximum atomic E-state index is 10.1. The molecule has 0 aliphatic heterocycles. The van der Waals surface area contributed by atoms with Crippen LogP contribution in [-0.2, 0) is 6.42 Å². The Bertz CT molecular complexity index is 489. The smallest absolute Gasteiger partial charge is 0.0832 e. The van der Waals surface area contributed by atoms with Crippen molar-refractivity contribution in [3.8, 4) is 0 Å². The number of aliphatic hydroxyl groups excluding tert-OH is 1. The number of fused-ring (bicyclic) bond motifs is 1. The van der Waals surface area contributed by atoms with E-state index in [0.29, 0.717) is 5.92 Å². The van der Waals surface area contributed by atoms with E-state index in [9.17, 15) is 5.11 Å². The Kier molecular flexibility index (Phi) is 2.33. The van der Waals surface area contributed by atoms with Crippen LogP contribution in [0.15, 0.2) is 17.5 Å². The Hall–Kier alpha value is -1.13.